The lowest BCUT2D eigenvalue weighted by atomic mass is 9.82. The zero-order chi connectivity index (χ0) is 17.2. The molecule has 1 amide bonds. The first-order chi connectivity index (χ1) is 11.5. The minimum atomic E-state index is -0.920. The molecule has 1 aliphatic carbocycles. The zero-order valence-electron chi connectivity index (χ0n) is 13.6. The Balaban J connectivity index is 1.64. The molecule has 6 heteroatoms. The van der Waals surface area contributed by atoms with Crippen LogP contribution >= 0.6 is 0 Å². The van der Waals surface area contributed by atoms with Gasteiger partial charge in [-0.3, -0.25) is 4.79 Å². The predicted octanol–water partition coefficient (Wildman–Crippen LogP) is 2.95. The van der Waals surface area contributed by atoms with Gasteiger partial charge in [0, 0.05) is 6.54 Å². The van der Waals surface area contributed by atoms with Crippen molar-refractivity contribution >= 4 is 5.91 Å². The summed E-state index contributed by atoms with van der Waals surface area (Å²) in [5.41, 5.74) is -0.381. The van der Waals surface area contributed by atoms with Crippen LogP contribution in [0.3, 0.4) is 0 Å². The van der Waals surface area contributed by atoms with Gasteiger partial charge in [0.15, 0.2) is 11.6 Å². The van der Waals surface area contributed by atoms with Crippen molar-refractivity contribution in [2.24, 2.45) is 0 Å². The van der Waals surface area contributed by atoms with E-state index in [1.165, 1.54) is 6.07 Å². The average molecular weight is 339 g/mol. The predicted molar refractivity (Wildman–Crippen MR) is 84.3 cm³/mol. The Morgan fingerprint density at radius 3 is 2.71 bits per heavy atom. The molecule has 1 heterocycles. The van der Waals surface area contributed by atoms with Gasteiger partial charge in [0.25, 0.3) is 0 Å². The van der Waals surface area contributed by atoms with Crippen LogP contribution in [0.2, 0.25) is 0 Å². The number of ether oxygens (including phenoxy) is 1. The molecular weight excluding hydrogens is 316 g/mol. The summed E-state index contributed by atoms with van der Waals surface area (Å²) in [6.45, 7) is 1.09. The monoisotopic (exact) mass is 339 g/mol. The second-order valence-electron chi connectivity index (χ2n) is 6.83. The van der Waals surface area contributed by atoms with Gasteiger partial charge in [-0.05, 0) is 30.5 Å². The Hall–Kier alpha value is -1.53. The summed E-state index contributed by atoms with van der Waals surface area (Å²) >= 11 is 0. The number of aliphatic hydroxyl groups is 1. The van der Waals surface area contributed by atoms with E-state index in [4.69, 9.17) is 4.74 Å². The first-order valence-corrected chi connectivity index (χ1v) is 8.54. The fraction of sp³-hybridized carbons (Fsp3) is 0.611. The summed E-state index contributed by atoms with van der Waals surface area (Å²) in [5.74, 6) is -1.92. The maximum atomic E-state index is 13.4. The number of amides is 1. The van der Waals surface area contributed by atoms with Crippen LogP contribution in [0.25, 0.3) is 0 Å². The molecule has 0 radical (unpaired) electrons. The lowest BCUT2D eigenvalue weighted by Gasteiger charge is -2.37. The Morgan fingerprint density at radius 2 is 2.00 bits per heavy atom. The molecule has 2 fully saturated rings. The number of nitrogens with zero attached hydrogens (tertiary/aromatic N) is 1. The highest BCUT2D eigenvalue weighted by atomic mass is 19.2. The van der Waals surface area contributed by atoms with Crippen molar-refractivity contribution < 1.29 is 23.4 Å². The summed E-state index contributed by atoms with van der Waals surface area (Å²) < 4.78 is 32.1. The van der Waals surface area contributed by atoms with E-state index in [9.17, 15) is 18.7 Å². The Labute approximate surface area is 140 Å². The van der Waals surface area contributed by atoms with Crippen molar-refractivity contribution in [2.75, 3.05) is 19.7 Å². The second kappa shape index (κ2) is 7.15. The van der Waals surface area contributed by atoms with E-state index in [1.807, 2.05) is 0 Å². The minimum Gasteiger partial charge on any atom is -0.389 e. The number of morpholine rings is 1. The van der Waals surface area contributed by atoms with Crippen LogP contribution in [0.1, 0.15) is 50.2 Å². The largest absolute Gasteiger partial charge is 0.389 e. The van der Waals surface area contributed by atoms with Crippen LogP contribution in [0.5, 0.6) is 0 Å². The molecule has 1 saturated carbocycles. The van der Waals surface area contributed by atoms with Crippen LogP contribution in [0.15, 0.2) is 18.2 Å². The van der Waals surface area contributed by atoms with Gasteiger partial charge in [0.2, 0.25) is 5.91 Å². The average Bonchev–Trinajstić information content (AvgIpc) is 2.58. The molecular formula is C18H23F2NO3. The lowest BCUT2D eigenvalue weighted by molar-refractivity contribution is -0.145. The molecule has 3 rings (SSSR count). The molecule has 1 aromatic carbocycles. The van der Waals surface area contributed by atoms with Gasteiger partial charge in [0.05, 0.1) is 25.2 Å². The summed E-state index contributed by atoms with van der Waals surface area (Å²) in [6.07, 6.45) is 3.97. The third kappa shape index (κ3) is 3.92. The SMILES string of the molecule is O=C(CC1(O)CCCCC1)N1CCOC(c2ccc(F)c(F)c2)C1. The number of hydrogen-bond donors (Lipinski definition) is 1. The van der Waals surface area contributed by atoms with Crippen LogP contribution in [0, 0.1) is 11.6 Å². The number of carbonyl (C=O) groups is 1. The standard InChI is InChI=1S/C18H23F2NO3/c19-14-5-4-13(10-15(14)20)16-12-21(8-9-24-16)17(22)11-18(23)6-2-1-3-7-18/h4-5,10,16,23H,1-3,6-9,11-12H2. The van der Waals surface area contributed by atoms with Crippen molar-refractivity contribution in [2.45, 2.75) is 50.2 Å². The normalized spacial score (nSPS) is 24.0. The molecule has 0 aromatic heterocycles. The van der Waals surface area contributed by atoms with Gasteiger partial charge in [-0.2, -0.15) is 0 Å². The third-order valence-electron chi connectivity index (χ3n) is 5.00. The third-order valence-corrected chi connectivity index (χ3v) is 5.00. The topological polar surface area (TPSA) is 49.8 Å². The number of rotatable bonds is 3. The van der Waals surface area contributed by atoms with Crippen molar-refractivity contribution in [3.63, 3.8) is 0 Å². The molecule has 1 aromatic rings. The van der Waals surface area contributed by atoms with Crippen LogP contribution in [-0.4, -0.2) is 41.2 Å². The molecule has 0 spiro atoms. The van der Waals surface area contributed by atoms with E-state index in [0.717, 1.165) is 31.4 Å². The number of carbonyl (C=O) groups excluding carboxylic acids is 1. The Bertz CT molecular complexity index is 602. The smallest absolute Gasteiger partial charge is 0.225 e. The fourth-order valence-electron chi connectivity index (χ4n) is 3.57. The van der Waals surface area contributed by atoms with Crippen molar-refractivity contribution in [3.8, 4) is 0 Å². The first-order valence-electron chi connectivity index (χ1n) is 8.54. The maximum absolute atomic E-state index is 13.4. The number of hydrogen-bond acceptors (Lipinski definition) is 3. The summed E-state index contributed by atoms with van der Waals surface area (Å²) in [7, 11) is 0. The Kier molecular flexibility index (Phi) is 5.15. The molecule has 1 N–H and O–H groups in total. The number of benzene rings is 1. The minimum absolute atomic E-state index is 0.102. The molecule has 1 saturated heterocycles. The first kappa shape index (κ1) is 17.3. The van der Waals surface area contributed by atoms with E-state index in [1.54, 1.807) is 4.90 Å². The quantitative estimate of drug-likeness (QED) is 0.921. The number of halogens is 2. The van der Waals surface area contributed by atoms with E-state index < -0.39 is 23.3 Å². The highest BCUT2D eigenvalue weighted by Crippen LogP contribution is 2.32. The van der Waals surface area contributed by atoms with E-state index in [-0.39, 0.29) is 12.3 Å². The lowest BCUT2D eigenvalue weighted by Crippen LogP contribution is -2.46. The van der Waals surface area contributed by atoms with E-state index in [2.05, 4.69) is 0 Å². The molecule has 2 aliphatic rings. The summed E-state index contributed by atoms with van der Waals surface area (Å²) in [4.78, 5) is 14.2. The molecule has 132 valence electrons. The van der Waals surface area contributed by atoms with Gasteiger partial charge in [-0.1, -0.05) is 25.3 Å². The van der Waals surface area contributed by atoms with Gasteiger partial charge >= 0.3 is 0 Å². The second-order valence-corrected chi connectivity index (χ2v) is 6.83. The molecule has 1 unspecified atom stereocenters. The Morgan fingerprint density at radius 1 is 1.25 bits per heavy atom. The van der Waals surface area contributed by atoms with E-state index >= 15 is 0 Å². The van der Waals surface area contributed by atoms with Gasteiger partial charge in [-0.15, -0.1) is 0 Å². The fourth-order valence-corrected chi connectivity index (χ4v) is 3.57. The van der Waals surface area contributed by atoms with Crippen LogP contribution < -0.4 is 0 Å². The molecule has 0 bridgehead atoms. The molecule has 24 heavy (non-hydrogen) atoms. The molecule has 4 nitrogen and oxygen atoms in total. The van der Waals surface area contributed by atoms with Gasteiger partial charge < -0.3 is 14.7 Å². The van der Waals surface area contributed by atoms with Crippen LogP contribution in [-0.2, 0) is 9.53 Å². The van der Waals surface area contributed by atoms with Crippen molar-refractivity contribution in [1.82, 2.24) is 4.90 Å². The van der Waals surface area contributed by atoms with Crippen LogP contribution in [0.4, 0.5) is 8.78 Å². The molecule has 1 aliphatic heterocycles. The van der Waals surface area contributed by atoms with E-state index in [0.29, 0.717) is 38.1 Å². The van der Waals surface area contributed by atoms with Crippen molar-refractivity contribution in [1.29, 1.82) is 0 Å². The van der Waals surface area contributed by atoms with Gasteiger partial charge in [0.1, 0.15) is 6.10 Å². The highest BCUT2D eigenvalue weighted by molar-refractivity contribution is 5.77. The zero-order valence-corrected chi connectivity index (χ0v) is 13.6. The van der Waals surface area contributed by atoms with Crippen molar-refractivity contribution in [3.05, 3.63) is 35.4 Å². The summed E-state index contributed by atoms with van der Waals surface area (Å²) in [5, 5.41) is 10.6. The summed E-state index contributed by atoms with van der Waals surface area (Å²) in [6, 6.07) is 3.66. The van der Waals surface area contributed by atoms with Gasteiger partial charge in [-0.25, -0.2) is 8.78 Å². The highest BCUT2D eigenvalue weighted by Gasteiger charge is 2.35. The maximum Gasteiger partial charge on any atom is 0.225 e. The molecule has 1 atom stereocenters.